The van der Waals surface area contributed by atoms with Gasteiger partial charge < -0.3 is 10.1 Å². The average Bonchev–Trinajstić information content (AvgIpc) is 3.00. The van der Waals surface area contributed by atoms with Crippen LogP contribution in [0.5, 0.6) is 0 Å². The number of aromatic nitrogens is 1. The van der Waals surface area contributed by atoms with Crippen LogP contribution in [0.15, 0.2) is 5.38 Å². The van der Waals surface area contributed by atoms with Crippen LogP contribution in [0, 0.1) is 11.8 Å². The Labute approximate surface area is 143 Å². The van der Waals surface area contributed by atoms with E-state index in [-0.39, 0.29) is 17.9 Å². The van der Waals surface area contributed by atoms with Crippen molar-refractivity contribution in [3.8, 4) is 0 Å². The van der Waals surface area contributed by atoms with Crippen molar-refractivity contribution >= 4 is 17.2 Å². The van der Waals surface area contributed by atoms with Crippen molar-refractivity contribution in [2.24, 2.45) is 11.8 Å². The van der Waals surface area contributed by atoms with Gasteiger partial charge in [0.05, 0.1) is 5.69 Å². The fourth-order valence-electron chi connectivity index (χ4n) is 2.82. The maximum atomic E-state index is 11.7. The molecule has 0 radical (unpaired) electrons. The minimum Gasteiger partial charge on any atom is -0.375 e. The fraction of sp³-hybridized carbons (Fsp3) is 0.765. The van der Waals surface area contributed by atoms with Crippen LogP contribution in [0.25, 0.3) is 0 Å². The van der Waals surface area contributed by atoms with Gasteiger partial charge in [-0.1, -0.05) is 13.8 Å². The Kier molecular flexibility index (Phi) is 6.99. The highest BCUT2D eigenvalue weighted by atomic mass is 32.1. The summed E-state index contributed by atoms with van der Waals surface area (Å²) in [7, 11) is 1.71. The maximum absolute atomic E-state index is 11.7. The zero-order valence-corrected chi connectivity index (χ0v) is 15.5. The lowest BCUT2D eigenvalue weighted by Gasteiger charge is -2.32. The van der Waals surface area contributed by atoms with E-state index in [0.717, 1.165) is 36.9 Å². The summed E-state index contributed by atoms with van der Waals surface area (Å²) < 4.78 is 5.32. The molecule has 6 heteroatoms. The molecule has 2 rings (SSSR count). The Bertz CT molecular complexity index is 504. The molecule has 0 aromatic carbocycles. The zero-order valence-electron chi connectivity index (χ0n) is 14.7. The van der Waals surface area contributed by atoms with E-state index in [0.29, 0.717) is 5.92 Å². The Morgan fingerprint density at radius 1 is 1.52 bits per heavy atom. The lowest BCUT2D eigenvalue weighted by molar-refractivity contribution is -0.124. The van der Waals surface area contributed by atoms with Gasteiger partial charge in [-0.05, 0) is 32.2 Å². The van der Waals surface area contributed by atoms with Crippen molar-refractivity contribution in [1.82, 2.24) is 15.2 Å². The highest BCUT2D eigenvalue weighted by molar-refractivity contribution is 7.09. The molecule has 0 aliphatic carbocycles. The number of carbonyl (C=O) groups is 1. The van der Waals surface area contributed by atoms with E-state index in [9.17, 15) is 4.79 Å². The lowest BCUT2D eigenvalue weighted by Crippen LogP contribution is -2.41. The van der Waals surface area contributed by atoms with E-state index < -0.39 is 0 Å². The summed E-state index contributed by atoms with van der Waals surface area (Å²) in [6.07, 6.45) is 2.44. The number of ether oxygens (including phenoxy) is 1. The van der Waals surface area contributed by atoms with Gasteiger partial charge in [0.15, 0.2) is 0 Å². The summed E-state index contributed by atoms with van der Waals surface area (Å²) in [5.41, 5.74) is 1.13. The van der Waals surface area contributed by atoms with Crippen molar-refractivity contribution in [2.45, 2.75) is 46.3 Å². The highest BCUT2D eigenvalue weighted by Crippen LogP contribution is 2.23. The Balaban J connectivity index is 1.81. The third-order valence-corrected chi connectivity index (χ3v) is 5.40. The lowest BCUT2D eigenvalue weighted by atomic mass is 9.97. The van der Waals surface area contributed by atoms with Crippen molar-refractivity contribution in [3.05, 3.63) is 16.1 Å². The number of rotatable bonds is 7. The molecule has 1 N–H and O–H groups in total. The third kappa shape index (κ3) is 5.55. The van der Waals surface area contributed by atoms with E-state index in [4.69, 9.17) is 4.74 Å². The number of hydrogen-bond donors (Lipinski definition) is 1. The molecule has 0 bridgehead atoms. The third-order valence-electron chi connectivity index (χ3n) is 4.35. The molecular formula is C17H29N3O2S. The molecule has 2 heterocycles. The van der Waals surface area contributed by atoms with E-state index in [1.807, 2.05) is 20.8 Å². The second kappa shape index (κ2) is 8.76. The molecule has 0 spiro atoms. The molecule has 5 nitrogen and oxygen atoms in total. The van der Waals surface area contributed by atoms with E-state index in [2.05, 4.69) is 20.6 Å². The molecule has 1 saturated heterocycles. The predicted molar refractivity (Wildman–Crippen MR) is 93.4 cm³/mol. The van der Waals surface area contributed by atoms with Crippen LogP contribution in [0.4, 0.5) is 0 Å². The second-order valence-electron chi connectivity index (χ2n) is 6.70. The van der Waals surface area contributed by atoms with Crippen molar-refractivity contribution in [2.75, 3.05) is 26.7 Å². The molecule has 0 saturated carbocycles. The van der Waals surface area contributed by atoms with Crippen molar-refractivity contribution in [3.63, 3.8) is 0 Å². The number of thiazole rings is 1. The molecule has 23 heavy (non-hydrogen) atoms. The van der Waals surface area contributed by atoms with Crippen LogP contribution < -0.4 is 5.32 Å². The number of carbonyl (C=O) groups excluding carboxylic acids is 1. The van der Waals surface area contributed by atoms with E-state index in [1.54, 1.807) is 18.4 Å². The Morgan fingerprint density at radius 2 is 2.30 bits per heavy atom. The molecule has 1 aliphatic heterocycles. The number of amides is 1. The zero-order chi connectivity index (χ0) is 16.8. The molecule has 0 unspecified atom stereocenters. The monoisotopic (exact) mass is 339 g/mol. The molecule has 1 aliphatic rings. The summed E-state index contributed by atoms with van der Waals surface area (Å²) in [5, 5.41) is 6.24. The van der Waals surface area contributed by atoms with Gasteiger partial charge in [-0.3, -0.25) is 9.69 Å². The van der Waals surface area contributed by atoms with Crippen molar-refractivity contribution in [1.29, 1.82) is 0 Å². The molecule has 1 aromatic heterocycles. The normalized spacial score (nSPS) is 20.7. The largest absolute Gasteiger partial charge is 0.375 e. The van der Waals surface area contributed by atoms with Crippen LogP contribution in [-0.4, -0.2) is 42.5 Å². The summed E-state index contributed by atoms with van der Waals surface area (Å²) in [6, 6.07) is 0. The summed E-state index contributed by atoms with van der Waals surface area (Å²) in [5.74, 6) is 0.758. The van der Waals surface area contributed by atoms with Gasteiger partial charge in [0.1, 0.15) is 11.1 Å². The minimum absolute atomic E-state index is 0.0610. The van der Waals surface area contributed by atoms with Gasteiger partial charge in [-0.25, -0.2) is 4.98 Å². The topological polar surface area (TPSA) is 54.5 Å². The van der Waals surface area contributed by atoms with E-state index >= 15 is 0 Å². The van der Waals surface area contributed by atoms with Gasteiger partial charge in [0, 0.05) is 38.0 Å². The summed E-state index contributed by atoms with van der Waals surface area (Å²) in [6.45, 7) is 9.72. The van der Waals surface area contributed by atoms with Crippen LogP contribution in [0.1, 0.15) is 50.4 Å². The minimum atomic E-state index is 0.0610. The van der Waals surface area contributed by atoms with E-state index in [1.165, 1.54) is 12.8 Å². The number of hydrogen-bond acceptors (Lipinski definition) is 5. The van der Waals surface area contributed by atoms with Crippen molar-refractivity contribution < 1.29 is 9.53 Å². The van der Waals surface area contributed by atoms with Crippen LogP contribution in [0.3, 0.4) is 0 Å². The summed E-state index contributed by atoms with van der Waals surface area (Å²) >= 11 is 1.67. The molecule has 1 amide bonds. The molecule has 1 aromatic rings. The quantitative estimate of drug-likeness (QED) is 0.830. The molecular weight excluding hydrogens is 310 g/mol. The number of piperidine rings is 1. The predicted octanol–water partition coefficient (Wildman–Crippen LogP) is 2.83. The smallest absolute Gasteiger partial charge is 0.222 e. The number of nitrogens with one attached hydrogen (secondary N) is 1. The first kappa shape index (κ1) is 18.4. The Hall–Kier alpha value is -0.980. The number of likely N-dealkylation sites (tertiary alicyclic amines) is 1. The van der Waals surface area contributed by atoms with Gasteiger partial charge >= 0.3 is 0 Å². The first-order chi connectivity index (χ1) is 11.0. The SMILES string of the molecule is CO[C@H](C)c1nc(CN2CCC[C@@H](CNC(=O)C(C)C)C2)cs1. The van der Waals surface area contributed by atoms with Crippen LogP contribution in [0.2, 0.25) is 0 Å². The molecule has 2 atom stereocenters. The Morgan fingerprint density at radius 3 is 3.00 bits per heavy atom. The van der Waals surface area contributed by atoms with Crippen LogP contribution >= 0.6 is 11.3 Å². The fourth-order valence-corrected chi connectivity index (χ4v) is 3.66. The van der Waals surface area contributed by atoms with Crippen LogP contribution in [-0.2, 0) is 16.1 Å². The second-order valence-corrected chi connectivity index (χ2v) is 7.59. The standard InChI is InChI=1S/C17H29N3O2S/c1-12(2)16(21)18-8-14-6-5-7-20(9-14)10-15-11-23-17(19-15)13(3)22-4/h11-14H,5-10H2,1-4H3,(H,18,21)/t13-,14+/m1/s1. The molecule has 130 valence electrons. The maximum Gasteiger partial charge on any atom is 0.222 e. The number of nitrogens with zero attached hydrogens (tertiary/aromatic N) is 2. The highest BCUT2D eigenvalue weighted by Gasteiger charge is 2.22. The number of methoxy groups -OCH3 is 1. The first-order valence-electron chi connectivity index (χ1n) is 8.46. The van der Waals surface area contributed by atoms with Gasteiger partial charge in [0.2, 0.25) is 5.91 Å². The average molecular weight is 340 g/mol. The van der Waals surface area contributed by atoms with Gasteiger partial charge in [0.25, 0.3) is 0 Å². The molecule has 1 fully saturated rings. The van der Waals surface area contributed by atoms with Gasteiger partial charge in [-0.2, -0.15) is 0 Å². The van der Waals surface area contributed by atoms with Gasteiger partial charge in [-0.15, -0.1) is 11.3 Å². The first-order valence-corrected chi connectivity index (χ1v) is 9.34. The summed E-state index contributed by atoms with van der Waals surface area (Å²) in [4.78, 5) is 18.8.